The van der Waals surface area contributed by atoms with Crippen LogP contribution in [0.1, 0.15) is 45.6 Å². The maximum absolute atomic E-state index is 13.5. The SMILES string of the molecule is C=C(Nc1cc(F)c(F)c(F)c1)c1ccc(Cl)c(SC(CC(C)C)CC(O)CC)c1. The molecule has 0 saturated heterocycles. The third kappa shape index (κ3) is 6.96. The summed E-state index contributed by atoms with van der Waals surface area (Å²) in [6.45, 7) is 10.1. The van der Waals surface area contributed by atoms with Gasteiger partial charge in [0.15, 0.2) is 17.5 Å². The van der Waals surface area contributed by atoms with E-state index in [4.69, 9.17) is 11.6 Å². The van der Waals surface area contributed by atoms with E-state index >= 15 is 0 Å². The molecule has 2 rings (SSSR count). The van der Waals surface area contributed by atoms with E-state index in [0.717, 1.165) is 23.4 Å². The smallest absolute Gasteiger partial charge is 0.194 e. The third-order valence-corrected chi connectivity index (χ3v) is 6.34. The second-order valence-electron chi connectivity index (χ2n) is 7.67. The second-order valence-corrected chi connectivity index (χ2v) is 9.42. The summed E-state index contributed by atoms with van der Waals surface area (Å²) < 4.78 is 40.1. The molecule has 0 aliphatic rings. The molecule has 2 atom stereocenters. The summed E-state index contributed by atoms with van der Waals surface area (Å²) in [7, 11) is 0. The van der Waals surface area contributed by atoms with Crippen molar-refractivity contribution in [3.8, 4) is 0 Å². The normalized spacial score (nSPS) is 13.4. The highest BCUT2D eigenvalue weighted by molar-refractivity contribution is 8.00. The Hall–Kier alpha value is -1.63. The van der Waals surface area contributed by atoms with E-state index in [9.17, 15) is 18.3 Å². The minimum absolute atomic E-state index is 0.0595. The Bertz CT molecular complexity index is 868. The number of hydrogen-bond donors (Lipinski definition) is 2. The Kier molecular flexibility index (Phi) is 9.13. The van der Waals surface area contributed by atoms with Crippen LogP contribution in [0.3, 0.4) is 0 Å². The van der Waals surface area contributed by atoms with Gasteiger partial charge in [0.05, 0.1) is 11.1 Å². The van der Waals surface area contributed by atoms with E-state index < -0.39 is 17.5 Å². The molecule has 0 amide bonds. The zero-order valence-corrected chi connectivity index (χ0v) is 18.9. The molecule has 0 aromatic heterocycles. The molecular formula is C23H27ClF3NOS. The second kappa shape index (κ2) is 11.1. The minimum Gasteiger partial charge on any atom is -0.393 e. The lowest BCUT2D eigenvalue weighted by Crippen LogP contribution is -2.16. The van der Waals surface area contributed by atoms with Crippen molar-refractivity contribution < 1.29 is 18.3 Å². The van der Waals surface area contributed by atoms with Gasteiger partial charge in [0.1, 0.15) is 0 Å². The molecule has 0 bridgehead atoms. The number of halogens is 4. The molecule has 2 N–H and O–H groups in total. The van der Waals surface area contributed by atoms with Gasteiger partial charge in [-0.15, -0.1) is 11.8 Å². The van der Waals surface area contributed by atoms with E-state index in [0.29, 0.717) is 35.0 Å². The fourth-order valence-corrected chi connectivity index (χ4v) is 4.81. The monoisotopic (exact) mass is 457 g/mol. The molecule has 2 aromatic carbocycles. The van der Waals surface area contributed by atoms with Gasteiger partial charge in [-0.2, -0.15) is 0 Å². The Labute approximate surface area is 185 Å². The lowest BCUT2D eigenvalue weighted by molar-refractivity contribution is 0.157. The van der Waals surface area contributed by atoms with Crippen molar-refractivity contribution in [2.75, 3.05) is 5.32 Å². The van der Waals surface area contributed by atoms with Crippen molar-refractivity contribution in [3.63, 3.8) is 0 Å². The zero-order valence-electron chi connectivity index (χ0n) is 17.3. The number of rotatable bonds is 10. The summed E-state index contributed by atoms with van der Waals surface area (Å²) in [6.07, 6.45) is 1.90. The van der Waals surface area contributed by atoms with Crippen LogP contribution in [-0.4, -0.2) is 16.5 Å². The molecule has 2 aromatic rings. The van der Waals surface area contributed by atoms with E-state index in [-0.39, 0.29) is 17.0 Å². The van der Waals surface area contributed by atoms with Crippen LogP contribution >= 0.6 is 23.4 Å². The Morgan fingerprint density at radius 1 is 1.13 bits per heavy atom. The molecule has 7 heteroatoms. The summed E-state index contributed by atoms with van der Waals surface area (Å²) in [6, 6.07) is 7.08. The quantitative estimate of drug-likeness (QED) is 0.286. The maximum Gasteiger partial charge on any atom is 0.194 e. The van der Waals surface area contributed by atoms with Crippen molar-refractivity contribution in [1.82, 2.24) is 0 Å². The van der Waals surface area contributed by atoms with Gasteiger partial charge >= 0.3 is 0 Å². The third-order valence-electron chi connectivity index (χ3n) is 4.59. The average molecular weight is 458 g/mol. The highest BCUT2D eigenvalue weighted by Crippen LogP contribution is 2.37. The number of aliphatic hydroxyl groups excluding tert-OH is 1. The predicted molar refractivity (Wildman–Crippen MR) is 120 cm³/mol. The van der Waals surface area contributed by atoms with Gasteiger partial charge in [-0.05, 0) is 42.9 Å². The van der Waals surface area contributed by atoms with Crippen LogP contribution in [0, 0.1) is 23.4 Å². The molecule has 0 saturated carbocycles. The lowest BCUT2D eigenvalue weighted by Gasteiger charge is -2.22. The van der Waals surface area contributed by atoms with E-state index in [1.807, 2.05) is 13.0 Å². The van der Waals surface area contributed by atoms with Gasteiger partial charge in [-0.3, -0.25) is 0 Å². The molecule has 0 fully saturated rings. The Morgan fingerprint density at radius 3 is 2.33 bits per heavy atom. The lowest BCUT2D eigenvalue weighted by atomic mass is 10.0. The van der Waals surface area contributed by atoms with Crippen molar-refractivity contribution >= 4 is 34.7 Å². The first-order chi connectivity index (χ1) is 14.1. The van der Waals surface area contributed by atoms with E-state index in [1.165, 1.54) is 0 Å². The number of benzene rings is 2. The number of aliphatic hydroxyl groups is 1. The standard InChI is InChI=1S/C23H27ClF3NOS/c1-5-17(29)12-18(8-13(2)3)30-22-9-15(6-7-19(22)24)14(4)28-16-10-20(25)23(27)21(26)11-16/h6-7,9-11,13,17-18,28-29H,4-5,8,12H2,1-3H3. The highest BCUT2D eigenvalue weighted by Gasteiger charge is 2.19. The molecule has 0 aliphatic heterocycles. The number of anilines is 1. The van der Waals surface area contributed by atoms with Gasteiger partial charge in [0.25, 0.3) is 0 Å². The summed E-state index contributed by atoms with van der Waals surface area (Å²) >= 11 is 8.00. The summed E-state index contributed by atoms with van der Waals surface area (Å²) in [5.41, 5.74) is 1.14. The van der Waals surface area contributed by atoms with Crippen molar-refractivity contribution in [2.24, 2.45) is 5.92 Å². The summed E-state index contributed by atoms with van der Waals surface area (Å²) in [5.74, 6) is -3.59. The van der Waals surface area contributed by atoms with Gasteiger partial charge in [0, 0.05) is 33.7 Å². The van der Waals surface area contributed by atoms with Gasteiger partial charge in [-0.1, -0.05) is 45.0 Å². The van der Waals surface area contributed by atoms with Crippen molar-refractivity contribution in [3.05, 3.63) is 64.9 Å². The van der Waals surface area contributed by atoms with Crippen LogP contribution in [-0.2, 0) is 0 Å². The first kappa shape index (κ1) is 24.6. The topological polar surface area (TPSA) is 32.3 Å². The van der Waals surface area contributed by atoms with Crippen molar-refractivity contribution in [2.45, 2.75) is 56.3 Å². The molecule has 30 heavy (non-hydrogen) atoms. The fourth-order valence-electron chi connectivity index (χ4n) is 3.02. The molecule has 164 valence electrons. The first-order valence-corrected chi connectivity index (χ1v) is 11.1. The minimum atomic E-state index is -1.51. The van der Waals surface area contributed by atoms with Crippen LogP contribution in [0.4, 0.5) is 18.9 Å². The van der Waals surface area contributed by atoms with Gasteiger partial charge < -0.3 is 10.4 Å². The predicted octanol–water partition coefficient (Wildman–Crippen LogP) is 7.51. The fraction of sp³-hybridized carbons (Fsp3) is 0.391. The average Bonchev–Trinajstić information content (AvgIpc) is 2.66. The Balaban J connectivity index is 2.21. The van der Waals surface area contributed by atoms with Crippen LogP contribution in [0.5, 0.6) is 0 Å². The van der Waals surface area contributed by atoms with E-state index in [2.05, 4.69) is 25.7 Å². The molecule has 2 unspecified atom stereocenters. The van der Waals surface area contributed by atoms with E-state index in [1.54, 1.807) is 23.9 Å². The molecule has 2 nitrogen and oxygen atoms in total. The van der Waals surface area contributed by atoms with Crippen LogP contribution in [0.2, 0.25) is 5.02 Å². The highest BCUT2D eigenvalue weighted by atomic mass is 35.5. The first-order valence-electron chi connectivity index (χ1n) is 9.85. The van der Waals surface area contributed by atoms with Gasteiger partial charge in [-0.25, -0.2) is 13.2 Å². The molecule has 0 radical (unpaired) electrons. The van der Waals surface area contributed by atoms with Crippen LogP contribution in [0.25, 0.3) is 5.70 Å². The number of nitrogens with one attached hydrogen (secondary N) is 1. The summed E-state index contributed by atoms with van der Waals surface area (Å²) in [4.78, 5) is 0.836. The van der Waals surface area contributed by atoms with Crippen molar-refractivity contribution in [1.29, 1.82) is 0 Å². The summed E-state index contributed by atoms with van der Waals surface area (Å²) in [5, 5.41) is 13.7. The molecule has 0 spiro atoms. The molecular weight excluding hydrogens is 431 g/mol. The van der Waals surface area contributed by atoms with Gasteiger partial charge in [0.2, 0.25) is 0 Å². The number of hydrogen-bond acceptors (Lipinski definition) is 3. The van der Waals surface area contributed by atoms with Crippen LogP contribution in [0.15, 0.2) is 41.8 Å². The maximum atomic E-state index is 13.5. The molecule has 0 heterocycles. The Morgan fingerprint density at radius 2 is 1.77 bits per heavy atom. The van der Waals surface area contributed by atoms with Crippen LogP contribution < -0.4 is 5.32 Å². The largest absolute Gasteiger partial charge is 0.393 e. The number of thioether (sulfide) groups is 1. The zero-order chi connectivity index (χ0) is 22.4. The molecule has 0 aliphatic carbocycles.